The van der Waals surface area contributed by atoms with Gasteiger partial charge in [0.25, 0.3) is 0 Å². The number of halogens is 11. The van der Waals surface area contributed by atoms with E-state index in [2.05, 4.69) is 9.47 Å². The van der Waals surface area contributed by atoms with E-state index in [1.165, 1.54) is 0 Å². The maximum absolute atomic E-state index is 13.4. The SMILES string of the molecule is COC1=C(C(F)(F)F)C(=O)OC(F)(F)C1(C(F)(F)F)C(F)(F)F. The van der Waals surface area contributed by atoms with E-state index in [-0.39, 0.29) is 7.11 Å². The maximum Gasteiger partial charge on any atom is 0.431 e. The van der Waals surface area contributed by atoms with Crippen LogP contribution in [0.3, 0.4) is 0 Å². The Morgan fingerprint density at radius 3 is 1.57 bits per heavy atom. The van der Waals surface area contributed by atoms with E-state index in [1.54, 1.807) is 0 Å². The lowest BCUT2D eigenvalue weighted by Gasteiger charge is -2.44. The van der Waals surface area contributed by atoms with Crippen molar-refractivity contribution < 1.29 is 62.6 Å². The van der Waals surface area contributed by atoms with Gasteiger partial charge in [-0.3, -0.25) is 0 Å². The molecule has 0 radical (unpaired) electrons. The van der Waals surface area contributed by atoms with Crippen molar-refractivity contribution in [1.82, 2.24) is 0 Å². The number of hydrogen-bond donors (Lipinski definition) is 0. The smallest absolute Gasteiger partial charge is 0.431 e. The molecule has 0 N–H and O–H groups in total. The summed E-state index contributed by atoms with van der Waals surface area (Å²) in [5.41, 5.74) is -9.78. The minimum absolute atomic E-state index is 0.151. The minimum Gasteiger partial charge on any atom is -0.498 e. The summed E-state index contributed by atoms with van der Waals surface area (Å²) in [6.07, 6.45) is -26.7. The van der Waals surface area contributed by atoms with Gasteiger partial charge in [-0.25, -0.2) is 4.79 Å². The van der Waals surface area contributed by atoms with Gasteiger partial charge in [0.1, 0.15) is 0 Å². The Morgan fingerprint density at radius 2 is 1.30 bits per heavy atom. The van der Waals surface area contributed by atoms with Gasteiger partial charge in [-0.1, -0.05) is 0 Å². The number of methoxy groups -OCH3 is 1. The maximum atomic E-state index is 13.4. The van der Waals surface area contributed by atoms with E-state index in [4.69, 9.17) is 0 Å². The summed E-state index contributed by atoms with van der Waals surface area (Å²) in [4.78, 5) is 10.9. The van der Waals surface area contributed by atoms with E-state index >= 15 is 0 Å². The molecule has 3 nitrogen and oxygen atoms in total. The molecule has 0 aromatic carbocycles. The Bertz CT molecular complexity index is 522. The van der Waals surface area contributed by atoms with Gasteiger partial charge in [0.05, 0.1) is 7.11 Å². The van der Waals surface area contributed by atoms with E-state index < -0.39 is 47.4 Å². The molecule has 0 aromatic heterocycles. The standard InChI is InChI=1S/C9H3F11O3/c1-22-3-2(6(10,11)12)4(21)23-9(19,20)5(3,7(13,14)15)8(16,17)18/h1H3. The Hall–Kier alpha value is -1.76. The fourth-order valence-corrected chi connectivity index (χ4v) is 1.90. The molecular weight excluding hydrogens is 365 g/mol. The summed E-state index contributed by atoms with van der Waals surface area (Å²) in [7, 11) is -0.151. The van der Waals surface area contributed by atoms with Gasteiger partial charge in [0, 0.05) is 0 Å². The summed E-state index contributed by atoms with van der Waals surface area (Å²) >= 11 is 0. The van der Waals surface area contributed by atoms with Gasteiger partial charge in [-0.15, -0.1) is 0 Å². The highest BCUT2D eigenvalue weighted by Crippen LogP contribution is 2.66. The van der Waals surface area contributed by atoms with Crippen molar-refractivity contribution in [1.29, 1.82) is 0 Å². The molecule has 0 saturated heterocycles. The molecule has 1 heterocycles. The average molecular weight is 368 g/mol. The van der Waals surface area contributed by atoms with Crippen molar-refractivity contribution in [3.63, 3.8) is 0 Å². The Balaban J connectivity index is 4.10. The Kier molecular flexibility index (Phi) is 4.08. The first kappa shape index (κ1) is 19.3. The highest BCUT2D eigenvalue weighted by atomic mass is 19.4. The lowest BCUT2D eigenvalue weighted by atomic mass is 9.78. The van der Waals surface area contributed by atoms with E-state index in [0.29, 0.717) is 0 Å². The molecule has 0 atom stereocenters. The van der Waals surface area contributed by atoms with Crippen LogP contribution in [0.5, 0.6) is 0 Å². The third-order valence-electron chi connectivity index (χ3n) is 2.77. The molecule has 23 heavy (non-hydrogen) atoms. The summed E-state index contributed by atoms with van der Waals surface area (Å²) < 4.78 is 147. The summed E-state index contributed by atoms with van der Waals surface area (Å²) in [6.45, 7) is 0. The summed E-state index contributed by atoms with van der Waals surface area (Å²) in [5.74, 6) is -6.48. The van der Waals surface area contributed by atoms with Gasteiger partial charge < -0.3 is 9.47 Å². The number of hydrogen-bond acceptors (Lipinski definition) is 3. The Labute approximate surface area is 118 Å². The number of cyclic esters (lactones) is 1. The van der Waals surface area contributed by atoms with Crippen molar-refractivity contribution in [2.24, 2.45) is 5.41 Å². The number of rotatable bonds is 1. The Morgan fingerprint density at radius 1 is 0.913 bits per heavy atom. The van der Waals surface area contributed by atoms with Crippen molar-refractivity contribution in [3.8, 4) is 0 Å². The molecule has 0 bridgehead atoms. The van der Waals surface area contributed by atoms with Crippen LogP contribution < -0.4 is 0 Å². The molecular formula is C9H3F11O3. The lowest BCUT2D eigenvalue weighted by molar-refractivity contribution is -0.441. The van der Waals surface area contributed by atoms with Gasteiger partial charge >= 0.3 is 36.0 Å². The molecule has 0 spiro atoms. The van der Waals surface area contributed by atoms with E-state index in [0.717, 1.165) is 0 Å². The zero-order chi connectivity index (χ0) is 18.6. The quantitative estimate of drug-likeness (QED) is 0.523. The number of carbonyl (C=O) groups is 1. The predicted molar refractivity (Wildman–Crippen MR) is 45.7 cm³/mol. The van der Waals surface area contributed by atoms with Crippen LogP contribution >= 0.6 is 0 Å². The molecule has 1 aliphatic heterocycles. The third kappa shape index (κ3) is 2.47. The highest BCUT2D eigenvalue weighted by Gasteiger charge is 2.90. The first-order chi connectivity index (χ1) is 9.95. The van der Waals surface area contributed by atoms with Crippen LogP contribution in [0.15, 0.2) is 11.3 Å². The molecule has 134 valence electrons. The molecule has 1 rings (SSSR count). The van der Waals surface area contributed by atoms with Crippen LogP contribution in [0.2, 0.25) is 0 Å². The van der Waals surface area contributed by atoms with Crippen molar-refractivity contribution >= 4 is 5.97 Å². The van der Waals surface area contributed by atoms with E-state index in [9.17, 15) is 53.1 Å². The first-order valence-corrected chi connectivity index (χ1v) is 5.05. The van der Waals surface area contributed by atoms with Crippen molar-refractivity contribution in [2.75, 3.05) is 7.11 Å². The number of carbonyl (C=O) groups excluding carboxylic acids is 1. The van der Waals surface area contributed by atoms with Gasteiger partial charge in [0.15, 0.2) is 11.3 Å². The third-order valence-corrected chi connectivity index (χ3v) is 2.77. The van der Waals surface area contributed by atoms with E-state index in [1.807, 2.05) is 0 Å². The van der Waals surface area contributed by atoms with Crippen molar-refractivity contribution in [2.45, 2.75) is 24.6 Å². The number of alkyl halides is 11. The van der Waals surface area contributed by atoms with Crippen LogP contribution in [0, 0.1) is 5.41 Å². The minimum atomic E-state index is -7.04. The topological polar surface area (TPSA) is 35.5 Å². The number of ether oxygens (including phenoxy) is 2. The van der Waals surface area contributed by atoms with Crippen LogP contribution in [-0.4, -0.2) is 37.7 Å². The largest absolute Gasteiger partial charge is 0.498 e. The van der Waals surface area contributed by atoms with Gasteiger partial charge in [-0.2, -0.15) is 48.3 Å². The predicted octanol–water partition coefficient (Wildman–Crippen LogP) is 3.71. The molecule has 0 unspecified atom stereocenters. The monoisotopic (exact) mass is 368 g/mol. The van der Waals surface area contributed by atoms with Gasteiger partial charge in [-0.05, 0) is 0 Å². The fourth-order valence-electron chi connectivity index (χ4n) is 1.90. The molecule has 0 aliphatic carbocycles. The lowest BCUT2D eigenvalue weighted by Crippen LogP contribution is -2.66. The van der Waals surface area contributed by atoms with Crippen LogP contribution in [0.25, 0.3) is 0 Å². The molecule has 0 amide bonds. The van der Waals surface area contributed by atoms with Crippen molar-refractivity contribution in [3.05, 3.63) is 11.3 Å². The van der Waals surface area contributed by atoms with Crippen LogP contribution in [0.4, 0.5) is 48.3 Å². The summed E-state index contributed by atoms with van der Waals surface area (Å²) in [6, 6.07) is 0. The first-order valence-electron chi connectivity index (χ1n) is 5.05. The molecule has 0 aromatic rings. The molecule has 0 fully saturated rings. The molecule has 0 saturated carbocycles. The highest BCUT2D eigenvalue weighted by molar-refractivity contribution is 5.92. The fraction of sp³-hybridized carbons (Fsp3) is 0.667. The molecule has 1 aliphatic rings. The second kappa shape index (κ2) is 4.87. The number of esters is 1. The second-order valence-electron chi connectivity index (χ2n) is 4.06. The van der Waals surface area contributed by atoms with Gasteiger partial charge in [0.2, 0.25) is 0 Å². The molecule has 14 heteroatoms. The zero-order valence-corrected chi connectivity index (χ0v) is 10.4. The van der Waals surface area contributed by atoms with Crippen LogP contribution in [0.1, 0.15) is 0 Å². The normalized spacial score (nSPS) is 22.0. The average Bonchev–Trinajstić information content (AvgIpc) is 2.19. The zero-order valence-electron chi connectivity index (χ0n) is 10.4. The summed E-state index contributed by atoms with van der Waals surface area (Å²) in [5, 5.41) is 0. The second-order valence-corrected chi connectivity index (χ2v) is 4.06. The van der Waals surface area contributed by atoms with Crippen LogP contribution in [-0.2, 0) is 14.3 Å².